The highest BCUT2D eigenvalue weighted by Gasteiger charge is 2.17. The maximum Gasteiger partial charge on any atom is 0.124 e. The lowest BCUT2D eigenvalue weighted by Gasteiger charge is -2.02. The quantitative estimate of drug-likeness (QED) is 0.816. The molecule has 1 aromatic carbocycles. The van der Waals surface area contributed by atoms with E-state index in [1.54, 1.807) is 7.11 Å². The van der Waals surface area contributed by atoms with Crippen LogP contribution in [0.3, 0.4) is 0 Å². The molecule has 1 heterocycles. The summed E-state index contributed by atoms with van der Waals surface area (Å²) >= 11 is 0. The highest BCUT2D eigenvalue weighted by molar-refractivity contribution is 5.67. The summed E-state index contributed by atoms with van der Waals surface area (Å²) < 4.78 is 10.8. The van der Waals surface area contributed by atoms with E-state index in [9.17, 15) is 0 Å². The summed E-state index contributed by atoms with van der Waals surface area (Å²) in [6.45, 7) is 1.46. The van der Waals surface area contributed by atoms with Gasteiger partial charge in [-0.2, -0.15) is 0 Å². The zero-order valence-corrected chi connectivity index (χ0v) is 9.04. The molecule has 15 heavy (non-hydrogen) atoms. The highest BCUT2D eigenvalue weighted by atomic mass is 16.5. The molecule has 3 heteroatoms. The Morgan fingerprint density at radius 1 is 1.53 bits per heavy atom. The van der Waals surface area contributed by atoms with Crippen LogP contribution in [0.2, 0.25) is 0 Å². The summed E-state index contributed by atoms with van der Waals surface area (Å²) in [6.07, 6.45) is 2.05. The van der Waals surface area contributed by atoms with Crippen molar-refractivity contribution >= 4 is 5.76 Å². The molecule has 0 amide bonds. The fourth-order valence-corrected chi connectivity index (χ4v) is 1.65. The first-order valence-electron chi connectivity index (χ1n) is 5.00. The number of likely N-dealkylation sites (N-methyl/N-ethyl adjacent to an activating group) is 1. The molecular formula is C12H15NO2. The maximum atomic E-state index is 5.59. The Kier molecular flexibility index (Phi) is 2.92. The zero-order valence-electron chi connectivity index (χ0n) is 9.04. The van der Waals surface area contributed by atoms with Crippen LogP contribution >= 0.6 is 0 Å². The third-order valence-electron chi connectivity index (χ3n) is 2.45. The van der Waals surface area contributed by atoms with Gasteiger partial charge in [-0.1, -0.05) is 0 Å². The summed E-state index contributed by atoms with van der Waals surface area (Å²) in [5.74, 6) is 1.84. The number of fused-ring (bicyclic) bond motifs is 1. The Morgan fingerprint density at radius 2 is 2.40 bits per heavy atom. The van der Waals surface area contributed by atoms with Crippen LogP contribution in [0.4, 0.5) is 0 Å². The topological polar surface area (TPSA) is 30.5 Å². The lowest BCUT2D eigenvalue weighted by molar-refractivity contribution is 0.284. The van der Waals surface area contributed by atoms with Crippen LogP contribution in [0.5, 0.6) is 5.75 Å². The van der Waals surface area contributed by atoms with Crippen LogP contribution in [0.15, 0.2) is 24.3 Å². The Labute approximate surface area is 89.7 Å². The van der Waals surface area contributed by atoms with Crippen LogP contribution in [-0.2, 0) is 11.3 Å². The maximum absolute atomic E-state index is 5.59. The van der Waals surface area contributed by atoms with Crippen molar-refractivity contribution in [2.24, 2.45) is 0 Å². The van der Waals surface area contributed by atoms with Gasteiger partial charge in [0.25, 0.3) is 0 Å². The van der Waals surface area contributed by atoms with Gasteiger partial charge < -0.3 is 14.8 Å². The van der Waals surface area contributed by atoms with Crippen LogP contribution in [0, 0.1) is 0 Å². The molecule has 80 valence electrons. The first-order valence-corrected chi connectivity index (χ1v) is 5.00. The molecule has 1 aliphatic rings. The summed E-state index contributed by atoms with van der Waals surface area (Å²) in [5.41, 5.74) is 2.36. The number of hydrogen-bond donors (Lipinski definition) is 1. The minimum Gasteiger partial charge on any atom is -0.497 e. The number of methoxy groups -OCH3 is 1. The lowest BCUT2D eigenvalue weighted by atomic mass is 10.1. The summed E-state index contributed by atoms with van der Waals surface area (Å²) in [4.78, 5) is 0. The van der Waals surface area contributed by atoms with Crippen LogP contribution < -0.4 is 10.1 Å². The molecule has 0 saturated carbocycles. The van der Waals surface area contributed by atoms with E-state index >= 15 is 0 Å². The van der Waals surface area contributed by atoms with Crippen molar-refractivity contribution in [1.29, 1.82) is 0 Å². The molecule has 0 spiro atoms. The van der Waals surface area contributed by atoms with Gasteiger partial charge >= 0.3 is 0 Å². The molecule has 0 bridgehead atoms. The second-order valence-corrected chi connectivity index (χ2v) is 3.44. The molecule has 0 fully saturated rings. The predicted molar refractivity (Wildman–Crippen MR) is 59.7 cm³/mol. The number of benzene rings is 1. The molecule has 2 rings (SSSR count). The Morgan fingerprint density at radius 3 is 3.13 bits per heavy atom. The molecule has 3 nitrogen and oxygen atoms in total. The van der Waals surface area contributed by atoms with Crippen molar-refractivity contribution in [2.45, 2.75) is 6.61 Å². The van der Waals surface area contributed by atoms with Gasteiger partial charge in [-0.25, -0.2) is 0 Å². The van der Waals surface area contributed by atoms with E-state index in [0.717, 1.165) is 18.1 Å². The molecule has 0 aliphatic carbocycles. The second-order valence-electron chi connectivity index (χ2n) is 3.44. The number of hydrogen-bond acceptors (Lipinski definition) is 3. The summed E-state index contributed by atoms with van der Waals surface area (Å²) in [7, 11) is 3.59. The Balaban J connectivity index is 2.28. The lowest BCUT2D eigenvalue weighted by Crippen LogP contribution is -2.04. The fraction of sp³-hybridized carbons (Fsp3) is 0.333. The number of ether oxygens (including phenoxy) is 2. The average molecular weight is 205 g/mol. The van der Waals surface area contributed by atoms with E-state index in [4.69, 9.17) is 9.47 Å². The molecule has 0 saturated heterocycles. The van der Waals surface area contributed by atoms with Gasteiger partial charge in [0, 0.05) is 17.7 Å². The first kappa shape index (κ1) is 10.1. The molecule has 0 radical (unpaired) electrons. The first-order chi connectivity index (χ1) is 7.35. The van der Waals surface area contributed by atoms with Gasteiger partial charge in [-0.15, -0.1) is 0 Å². The van der Waals surface area contributed by atoms with Gasteiger partial charge in [-0.05, 0) is 31.3 Å². The standard InChI is InChI=1S/C12H15NO2/c1-13-6-5-12-11-4-3-10(14-2)7-9(11)8-15-12/h3-5,7,13H,6,8H2,1-2H3/b12-5-. The molecule has 0 atom stereocenters. The van der Waals surface area contributed by atoms with E-state index < -0.39 is 0 Å². The summed E-state index contributed by atoms with van der Waals surface area (Å²) in [6, 6.07) is 6.03. The van der Waals surface area contributed by atoms with Gasteiger partial charge in [0.2, 0.25) is 0 Å². The molecule has 1 aliphatic heterocycles. The van der Waals surface area contributed by atoms with E-state index in [2.05, 4.69) is 11.4 Å². The van der Waals surface area contributed by atoms with Crippen LogP contribution in [0.25, 0.3) is 5.76 Å². The molecule has 0 aromatic heterocycles. The van der Waals surface area contributed by atoms with Gasteiger partial charge in [-0.3, -0.25) is 0 Å². The normalized spacial score (nSPS) is 16.3. The van der Waals surface area contributed by atoms with E-state index in [1.165, 1.54) is 11.1 Å². The highest BCUT2D eigenvalue weighted by Crippen LogP contribution is 2.31. The SMILES string of the molecule is CNC/C=C1\OCc2cc(OC)ccc21. The average Bonchev–Trinajstić information content (AvgIpc) is 2.68. The predicted octanol–water partition coefficient (Wildman–Crippen LogP) is 1.79. The number of rotatable bonds is 3. The van der Waals surface area contributed by atoms with E-state index in [1.807, 2.05) is 25.2 Å². The largest absolute Gasteiger partial charge is 0.497 e. The van der Waals surface area contributed by atoms with Crippen molar-refractivity contribution < 1.29 is 9.47 Å². The smallest absolute Gasteiger partial charge is 0.124 e. The molecular weight excluding hydrogens is 190 g/mol. The second kappa shape index (κ2) is 4.36. The zero-order chi connectivity index (χ0) is 10.7. The summed E-state index contributed by atoms with van der Waals surface area (Å²) in [5, 5.41) is 3.07. The number of nitrogens with one attached hydrogen (secondary N) is 1. The van der Waals surface area contributed by atoms with E-state index in [0.29, 0.717) is 6.61 Å². The third-order valence-corrected chi connectivity index (χ3v) is 2.45. The van der Waals surface area contributed by atoms with Gasteiger partial charge in [0.05, 0.1) is 7.11 Å². The fourth-order valence-electron chi connectivity index (χ4n) is 1.65. The molecule has 1 aromatic rings. The van der Waals surface area contributed by atoms with Crippen molar-refractivity contribution in [3.8, 4) is 5.75 Å². The van der Waals surface area contributed by atoms with Crippen molar-refractivity contribution in [1.82, 2.24) is 5.32 Å². The van der Waals surface area contributed by atoms with Gasteiger partial charge in [0.15, 0.2) is 0 Å². The van der Waals surface area contributed by atoms with E-state index in [-0.39, 0.29) is 0 Å². The van der Waals surface area contributed by atoms with Crippen molar-refractivity contribution in [2.75, 3.05) is 20.7 Å². The molecule has 1 N–H and O–H groups in total. The Bertz CT molecular complexity index is 385. The minimum atomic E-state index is 0.641. The molecule has 0 unspecified atom stereocenters. The van der Waals surface area contributed by atoms with Crippen molar-refractivity contribution in [3.63, 3.8) is 0 Å². The van der Waals surface area contributed by atoms with Crippen LogP contribution in [0.1, 0.15) is 11.1 Å². The monoisotopic (exact) mass is 205 g/mol. The minimum absolute atomic E-state index is 0.641. The van der Waals surface area contributed by atoms with Crippen LogP contribution in [-0.4, -0.2) is 20.7 Å². The van der Waals surface area contributed by atoms with Gasteiger partial charge in [0.1, 0.15) is 18.1 Å². The van der Waals surface area contributed by atoms with Crippen molar-refractivity contribution in [3.05, 3.63) is 35.4 Å². The Hall–Kier alpha value is -1.48. The third kappa shape index (κ3) is 1.97.